The van der Waals surface area contributed by atoms with E-state index in [0.717, 1.165) is 15.9 Å². The SMILES string of the molecule is Cc1ccc(S(=O)(=O)N[C@@H](CO[Si](c2ccccc2)(c2ccccc2)C(C)(C)C)[C@@H](O)CC#N)cc1. The minimum absolute atomic E-state index is 0.0905. The van der Waals surface area contributed by atoms with Crippen molar-refractivity contribution in [3.63, 3.8) is 0 Å². The molecule has 0 heterocycles. The van der Waals surface area contributed by atoms with E-state index in [4.69, 9.17) is 4.43 Å². The molecule has 8 heteroatoms. The average molecular weight is 523 g/mol. The van der Waals surface area contributed by atoms with Crippen LogP contribution in [0.5, 0.6) is 0 Å². The Morgan fingerprint density at radius 1 is 0.944 bits per heavy atom. The zero-order valence-electron chi connectivity index (χ0n) is 21.2. The second kappa shape index (κ2) is 11.5. The van der Waals surface area contributed by atoms with Crippen molar-refractivity contribution in [2.45, 2.75) is 56.2 Å². The van der Waals surface area contributed by atoms with Gasteiger partial charge in [-0.1, -0.05) is 99.1 Å². The standard InChI is InChI=1S/C28H34N2O4SSi/c1-22-15-17-23(18-16-22)35(32,33)30-26(27(31)19-20-29)21-34-36(28(2,3)4,24-11-7-5-8-12-24)25-13-9-6-10-14-25/h5-18,26-27,30-31H,19,21H2,1-4H3/t26-,27-/m0/s1. The Balaban J connectivity index is 2.04. The molecule has 3 aromatic rings. The van der Waals surface area contributed by atoms with Gasteiger partial charge in [0, 0.05) is 0 Å². The summed E-state index contributed by atoms with van der Waals surface area (Å²) in [4.78, 5) is 0.0905. The van der Waals surface area contributed by atoms with Crippen molar-refractivity contribution in [2.75, 3.05) is 6.61 Å². The maximum atomic E-state index is 13.2. The molecule has 36 heavy (non-hydrogen) atoms. The molecule has 0 spiro atoms. The summed E-state index contributed by atoms with van der Waals surface area (Å²) in [6, 6.07) is 27.4. The lowest BCUT2D eigenvalue weighted by Crippen LogP contribution is -2.67. The summed E-state index contributed by atoms with van der Waals surface area (Å²) >= 11 is 0. The molecule has 0 radical (unpaired) electrons. The van der Waals surface area contributed by atoms with E-state index in [-0.39, 0.29) is 23.0 Å². The lowest BCUT2D eigenvalue weighted by Gasteiger charge is -2.44. The molecule has 2 N–H and O–H groups in total. The van der Waals surface area contributed by atoms with Crippen LogP contribution in [0.2, 0.25) is 5.04 Å². The molecular weight excluding hydrogens is 488 g/mol. The van der Waals surface area contributed by atoms with Gasteiger partial charge in [-0.2, -0.15) is 5.26 Å². The molecule has 0 saturated heterocycles. The Bertz CT molecular complexity index is 1230. The monoisotopic (exact) mass is 522 g/mol. The Morgan fingerprint density at radius 2 is 1.44 bits per heavy atom. The predicted octanol–water partition coefficient (Wildman–Crippen LogP) is 3.49. The third-order valence-electron chi connectivity index (χ3n) is 6.30. The summed E-state index contributed by atoms with van der Waals surface area (Å²) in [6.07, 6.45) is -1.47. The summed E-state index contributed by atoms with van der Waals surface area (Å²) in [5.41, 5.74) is 0.935. The number of aryl methyl sites for hydroxylation is 1. The maximum absolute atomic E-state index is 13.2. The molecule has 0 aromatic heterocycles. The Kier molecular flexibility index (Phi) is 8.87. The van der Waals surface area contributed by atoms with Gasteiger partial charge in [-0.3, -0.25) is 0 Å². The van der Waals surface area contributed by atoms with Crippen LogP contribution in [0, 0.1) is 18.3 Å². The van der Waals surface area contributed by atoms with E-state index >= 15 is 0 Å². The molecule has 2 atom stereocenters. The van der Waals surface area contributed by atoms with Crippen LogP contribution < -0.4 is 15.1 Å². The molecule has 190 valence electrons. The molecule has 0 unspecified atom stereocenters. The minimum Gasteiger partial charge on any atom is -0.406 e. The highest BCUT2D eigenvalue weighted by molar-refractivity contribution is 7.89. The highest BCUT2D eigenvalue weighted by Gasteiger charge is 2.50. The second-order valence-electron chi connectivity index (χ2n) is 9.94. The first-order chi connectivity index (χ1) is 17.0. The number of nitriles is 1. The summed E-state index contributed by atoms with van der Waals surface area (Å²) in [7, 11) is -6.93. The van der Waals surface area contributed by atoms with E-state index in [9.17, 15) is 18.8 Å². The fourth-order valence-electron chi connectivity index (χ4n) is 4.42. The number of nitrogens with one attached hydrogen (secondary N) is 1. The summed E-state index contributed by atoms with van der Waals surface area (Å²) < 4.78 is 35.8. The first kappa shape index (κ1) is 27.8. The lowest BCUT2D eigenvalue weighted by atomic mass is 10.1. The number of aliphatic hydroxyl groups is 1. The Hall–Kier alpha value is -2.80. The highest BCUT2D eigenvalue weighted by atomic mass is 32.2. The number of benzene rings is 3. The van der Waals surface area contributed by atoms with Gasteiger partial charge in [0.1, 0.15) is 0 Å². The number of aliphatic hydroxyl groups excluding tert-OH is 1. The van der Waals surface area contributed by atoms with Gasteiger partial charge in [-0.05, 0) is 34.5 Å². The van der Waals surface area contributed by atoms with Crippen molar-refractivity contribution < 1.29 is 18.0 Å². The number of hydrogen-bond donors (Lipinski definition) is 2. The van der Waals surface area contributed by atoms with Gasteiger partial charge in [0.25, 0.3) is 8.32 Å². The number of sulfonamides is 1. The first-order valence-corrected chi connectivity index (χ1v) is 15.3. The van der Waals surface area contributed by atoms with E-state index in [2.05, 4.69) is 25.5 Å². The van der Waals surface area contributed by atoms with Crippen molar-refractivity contribution in [3.8, 4) is 6.07 Å². The number of rotatable bonds is 10. The van der Waals surface area contributed by atoms with E-state index in [1.807, 2.05) is 73.7 Å². The van der Waals surface area contributed by atoms with E-state index in [1.165, 1.54) is 12.1 Å². The van der Waals surface area contributed by atoms with Gasteiger partial charge in [0.15, 0.2) is 0 Å². The number of hydrogen-bond acceptors (Lipinski definition) is 5. The molecule has 0 aliphatic rings. The van der Waals surface area contributed by atoms with Crippen LogP contribution in [0.25, 0.3) is 0 Å². The molecule has 0 aliphatic heterocycles. The molecule has 0 aliphatic carbocycles. The van der Waals surface area contributed by atoms with Gasteiger partial charge in [0.05, 0.1) is 36.1 Å². The highest BCUT2D eigenvalue weighted by Crippen LogP contribution is 2.37. The first-order valence-electron chi connectivity index (χ1n) is 11.9. The number of nitrogens with zero attached hydrogens (tertiary/aromatic N) is 1. The molecule has 0 bridgehead atoms. The average Bonchev–Trinajstić information content (AvgIpc) is 2.84. The van der Waals surface area contributed by atoms with Crippen LogP contribution in [0.1, 0.15) is 32.8 Å². The quantitative estimate of drug-likeness (QED) is 0.397. The van der Waals surface area contributed by atoms with Crippen LogP contribution in [0.3, 0.4) is 0 Å². The van der Waals surface area contributed by atoms with Crippen LogP contribution in [-0.2, 0) is 14.4 Å². The molecule has 0 amide bonds. The minimum atomic E-state index is -3.96. The molecule has 0 saturated carbocycles. The predicted molar refractivity (Wildman–Crippen MR) is 145 cm³/mol. The van der Waals surface area contributed by atoms with Gasteiger partial charge in [0.2, 0.25) is 10.0 Å². The molecule has 6 nitrogen and oxygen atoms in total. The maximum Gasteiger partial charge on any atom is 0.261 e. The fraction of sp³-hybridized carbons (Fsp3) is 0.321. The fourth-order valence-corrected chi connectivity index (χ4v) is 10.3. The zero-order chi connectivity index (χ0) is 26.4. The van der Waals surface area contributed by atoms with Crippen molar-refractivity contribution in [1.29, 1.82) is 5.26 Å². The van der Waals surface area contributed by atoms with Crippen molar-refractivity contribution in [2.24, 2.45) is 0 Å². The van der Waals surface area contributed by atoms with E-state index in [1.54, 1.807) is 12.1 Å². The molecule has 0 fully saturated rings. The smallest absolute Gasteiger partial charge is 0.261 e. The normalized spacial score (nSPS) is 14.1. The van der Waals surface area contributed by atoms with Crippen LogP contribution in [0.4, 0.5) is 0 Å². The third kappa shape index (κ3) is 6.12. The molecule has 3 aromatic carbocycles. The van der Waals surface area contributed by atoms with Gasteiger partial charge >= 0.3 is 0 Å². The topological polar surface area (TPSA) is 99.4 Å². The molecule has 3 rings (SSSR count). The summed E-state index contributed by atoms with van der Waals surface area (Å²) in [5, 5.41) is 21.8. The van der Waals surface area contributed by atoms with Gasteiger partial charge in [-0.15, -0.1) is 0 Å². The van der Waals surface area contributed by atoms with Crippen molar-refractivity contribution in [3.05, 3.63) is 90.5 Å². The zero-order valence-corrected chi connectivity index (χ0v) is 23.0. The van der Waals surface area contributed by atoms with E-state index in [0.29, 0.717) is 0 Å². The summed E-state index contributed by atoms with van der Waals surface area (Å²) in [6.45, 7) is 8.14. The van der Waals surface area contributed by atoms with Gasteiger partial charge in [-0.25, -0.2) is 13.1 Å². The third-order valence-corrected chi connectivity index (χ3v) is 12.8. The summed E-state index contributed by atoms with van der Waals surface area (Å²) in [5.74, 6) is 0. The van der Waals surface area contributed by atoms with Gasteiger partial charge < -0.3 is 9.53 Å². The Morgan fingerprint density at radius 3 is 1.89 bits per heavy atom. The van der Waals surface area contributed by atoms with Crippen molar-refractivity contribution >= 4 is 28.7 Å². The lowest BCUT2D eigenvalue weighted by molar-refractivity contribution is 0.108. The second-order valence-corrected chi connectivity index (χ2v) is 16.0. The van der Waals surface area contributed by atoms with E-state index < -0.39 is 30.5 Å². The molecular formula is C28H34N2O4SSi. The van der Waals surface area contributed by atoms with Crippen LogP contribution in [-0.4, -0.2) is 40.6 Å². The van der Waals surface area contributed by atoms with Crippen LogP contribution >= 0.6 is 0 Å². The Labute approximate surface area is 215 Å². The van der Waals surface area contributed by atoms with Crippen LogP contribution in [0.15, 0.2) is 89.8 Å². The largest absolute Gasteiger partial charge is 0.406 e. The van der Waals surface area contributed by atoms with Crippen molar-refractivity contribution in [1.82, 2.24) is 4.72 Å².